The Morgan fingerprint density at radius 2 is 2.21 bits per heavy atom. The van der Waals surface area contributed by atoms with Crippen molar-refractivity contribution in [2.24, 2.45) is 5.92 Å². The molecule has 6 nitrogen and oxygen atoms in total. The summed E-state index contributed by atoms with van der Waals surface area (Å²) in [5.74, 6) is -0.652. The summed E-state index contributed by atoms with van der Waals surface area (Å²) >= 11 is 0. The predicted octanol–water partition coefficient (Wildman–Crippen LogP) is 3.11. The number of rotatable bonds is 7. The topological polar surface area (TPSA) is 89.7 Å². The molecular formula is C13H17NO5. The van der Waals surface area contributed by atoms with Crippen LogP contribution in [0.3, 0.4) is 0 Å². The van der Waals surface area contributed by atoms with Gasteiger partial charge in [-0.15, -0.1) is 0 Å². The van der Waals surface area contributed by atoms with Crippen LogP contribution in [0.4, 0.5) is 5.69 Å². The van der Waals surface area contributed by atoms with Gasteiger partial charge in [-0.3, -0.25) is 10.1 Å². The third-order valence-corrected chi connectivity index (χ3v) is 2.71. The molecule has 0 heterocycles. The maximum Gasteiger partial charge on any atom is 0.342 e. The number of nitro groups is 1. The van der Waals surface area contributed by atoms with Crippen LogP contribution in [-0.4, -0.2) is 22.6 Å². The minimum atomic E-state index is -1.32. The number of ether oxygens (including phenoxy) is 1. The van der Waals surface area contributed by atoms with Gasteiger partial charge >= 0.3 is 5.97 Å². The Morgan fingerprint density at radius 1 is 1.53 bits per heavy atom. The monoisotopic (exact) mass is 267 g/mol. The molecule has 0 fully saturated rings. The smallest absolute Gasteiger partial charge is 0.342 e. The highest BCUT2D eigenvalue weighted by atomic mass is 16.6. The average molecular weight is 267 g/mol. The number of hydrogen-bond acceptors (Lipinski definition) is 4. The minimum Gasteiger partial charge on any atom is -0.493 e. The van der Waals surface area contributed by atoms with Gasteiger partial charge in [-0.25, -0.2) is 4.79 Å². The van der Waals surface area contributed by atoms with E-state index in [2.05, 4.69) is 6.92 Å². The van der Waals surface area contributed by atoms with Crippen molar-refractivity contribution in [2.45, 2.75) is 26.7 Å². The molecule has 19 heavy (non-hydrogen) atoms. The largest absolute Gasteiger partial charge is 0.493 e. The molecule has 0 bridgehead atoms. The minimum absolute atomic E-state index is 0.319. The van der Waals surface area contributed by atoms with Gasteiger partial charge < -0.3 is 9.84 Å². The van der Waals surface area contributed by atoms with Gasteiger partial charge in [-0.2, -0.15) is 0 Å². The number of nitrogens with zero attached hydrogens (tertiary/aromatic N) is 1. The van der Waals surface area contributed by atoms with E-state index in [-0.39, 0.29) is 5.56 Å². The molecule has 1 atom stereocenters. The number of carboxylic acid groups (broad SMARTS) is 1. The second kappa shape index (κ2) is 6.72. The molecule has 1 N–H and O–H groups in total. The lowest BCUT2D eigenvalue weighted by Crippen LogP contribution is -2.09. The van der Waals surface area contributed by atoms with E-state index in [9.17, 15) is 14.9 Å². The van der Waals surface area contributed by atoms with Crippen molar-refractivity contribution < 1.29 is 19.6 Å². The van der Waals surface area contributed by atoms with E-state index in [0.717, 1.165) is 18.9 Å². The van der Waals surface area contributed by atoms with Crippen LogP contribution in [0.2, 0.25) is 0 Å². The number of aromatic carboxylic acids is 1. The molecule has 0 amide bonds. The number of carboxylic acids is 1. The van der Waals surface area contributed by atoms with E-state index in [1.165, 1.54) is 12.1 Å². The fourth-order valence-electron chi connectivity index (χ4n) is 1.75. The summed E-state index contributed by atoms with van der Waals surface area (Å²) in [6.07, 6.45) is 2.05. The molecule has 104 valence electrons. The Labute approximate surface area is 111 Å². The van der Waals surface area contributed by atoms with E-state index >= 15 is 0 Å². The standard InChI is InChI=1S/C13H17NO5/c1-3-4-9(2)8-19-10-5-6-11(13(15)16)12(7-10)14(17)18/h5-7,9H,3-4,8H2,1-2H3,(H,15,16). The number of carbonyl (C=O) groups is 1. The molecular weight excluding hydrogens is 250 g/mol. The van der Waals surface area contributed by atoms with Crippen molar-refractivity contribution in [3.05, 3.63) is 33.9 Å². The summed E-state index contributed by atoms with van der Waals surface area (Å²) in [5.41, 5.74) is -0.785. The number of hydrogen-bond donors (Lipinski definition) is 1. The highest BCUT2D eigenvalue weighted by molar-refractivity contribution is 5.92. The first-order chi connectivity index (χ1) is 8.95. The predicted molar refractivity (Wildman–Crippen MR) is 69.6 cm³/mol. The molecule has 1 unspecified atom stereocenters. The molecule has 0 aromatic heterocycles. The van der Waals surface area contributed by atoms with E-state index in [1.54, 1.807) is 0 Å². The van der Waals surface area contributed by atoms with Gasteiger partial charge in [0.2, 0.25) is 0 Å². The quantitative estimate of drug-likeness (QED) is 0.605. The normalized spacial score (nSPS) is 11.9. The fraction of sp³-hybridized carbons (Fsp3) is 0.462. The molecule has 0 spiro atoms. The van der Waals surface area contributed by atoms with E-state index in [1.807, 2.05) is 6.92 Å². The summed E-state index contributed by atoms with van der Waals surface area (Å²) in [4.78, 5) is 20.9. The van der Waals surface area contributed by atoms with Gasteiger partial charge in [0.05, 0.1) is 17.6 Å². The van der Waals surface area contributed by atoms with Gasteiger partial charge in [0, 0.05) is 0 Å². The summed E-state index contributed by atoms with van der Waals surface area (Å²) in [7, 11) is 0. The SMILES string of the molecule is CCCC(C)COc1ccc(C(=O)O)c([N+](=O)[O-])c1. The van der Waals surface area contributed by atoms with Crippen LogP contribution < -0.4 is 4.74 Å². The Balaban J connectivity index is 2.84. The molecule has 0 aliphatic carbocycles. The van der Waals surface area contributed by atoms with Crippen LogP contribution in [0.1, 0.15) is 37.0 Å². The Kier molecular flexibility index (Phi) is 5.29. The zero-order chi connectivity index (χ0) is 14.4. The van der Waals surface area contributed by atoms with Crippen molar-refractivity contribution in [2.75, 3.05) is 6.61 Å². The van der Waals surface area contributed by atoms with Crippen molar-refractivity contribution in [3.63, 3.8) is 0 Å². The van der Waals surface area contributed by atoms with Crippen molar-refractivity contribution in [3.8, 4) is 5.75 Å². The molecule has 0 aliphatic rings. The van der Waals surface area contributed by atoms with Crippen molar-refractivity contribution >= 4 is 11.7 Å². The van der Waals surface area contributed by atoms with Crippen LogP contribution in [0.15, 0.2) is 18.2 Å². The molecule has 1 aromatic rings. The van der Waals surface area contributed by atoms with Crippen LogP contribution in [-0.2, 0) is 0 Å². The summed E-state index contributed by atoms with van der Waals surface area (Å²) < 4.78 is 5.45. The second-order valence-electron chi connectivity index (χ2n) is 4.45. The zero-order valence-corrected chi connectivity index (χ0v) is 11.0. The first-order valence-corrected chi connectivity index (χ1v) is 6.10. The highest BCUT2D eigenvalue weighted by Gasteiger charge is 2.20. The third-order valence-electron chi connectivity index (χ3n) is 2.71. The molecule has 1 rings (SSSR count). The van der Waals surface area contributed by atoms with Crippen molar-refractivity contribution in [1.82, 2.24) is 0 Å². The molecule has 0 aliphatic heterocycles. The fourth-order valence-corrected chi connectivity index (χ4v) is 1.75. The Bertz CT molecular complexity index is 472. The van der Waals surface area contributed by atoms with Crippen LogP contribution in [0.25, 0.3) is 0 Å². The van der Waals surface area contributed by atoms with Gasteiger partial charge in [-0.1, -0.05) is 20.3 Å². The lowest BCUT2D eigenvalue weighted by Gasteiger charge is -2.12. The lowest BCUT2D eigenvalue weighted by atomic mass is 10.1. The van der Waals surface area contributed by atoms with E-state index < -0.39 is 16.6 Å². The van der Waals surface area contributed by atoms with Gasteiger partial charge in [0.25, 0.3) is 5.69 Å². The molecule has 0 saturated heterocycles. The van der Waals surface area contributed by atoms with Crippen LogP contribution in [0, 0.1) is 16.0 Å². The highest BCUT2D eigenvalue weighted by Crippen LogP contribution is 2.25. The van der Waals surface area contributed by atoms with Gasteiger partial charge in [0.15, 0.2) is 0 Å². The first-order valence-electron chi connectivity index (χ1n) is 6.10. The van der Waals surface area contributed by atoms with Gasteiger partial charge in [0.1, 0.15) is 11.3 Å². The van der Waals surface area contributed by atoms with E-state index in [4.69, 9.17) is 9.84 Å². The summed E-state index contributed by atoms with van der Waals surface area (Å²) in [6, 6.07) is 3.79. The van der Waals surface area contributed by atoms with E-state index in [0.29, 0.717) is 18.3 Å². The first kappa shape index (κ1) is 14.9. The average Bonchev–Trinajstić information content (AvgIpc) is 2.36. The zero-order valence-electron chi connectivity index (χ0n) is 11.0. The third kappa shape index (κ3) is 4.24. The summed E-state index contributed by atoms with van der Waals surface area (Å²) in [5, 5.41) is 19.7. The Morgan fingerprint density at radius 3 is 2.74 bits per heavy atom. The molecule has 0 saturated carbocycles. The maximum absolute atomic E-state index is 10.8. The maximum atomic E-state index is 10.8. The Hall–Kier alpha value is -2.11. The molecule has 1 aromatic carbocycles. The lowest BCUT2D eigenvalue weighted by molar-refractivity contribution is -0.385. The molecule has 0 radical (unpaired) electrons. The number of benzene rings is 1. The van der Waals surface area contributed by atoms with Crippen LogP contribution >= 0.6 is 0 Å². The van der Waals surface area contributed by atoms with Crippen molar-refractivity contribution in [1.29, 1.82) is 0 Å². The van der Waals surface area contributed by atoms with Crippen LogP contribution in [0.5, 0.6) is 5.75 Å². The second-order valence-corrected chi connectivity index (χ2v) is 4.45. The summed E-state index contributed by atoms with van der Waals surface area (Å²) in [6.45, 7) is 4.56. The van der Waals surface area contributed by atoms with Gasteiger partial charge in [-0.05, 0) is 24.5 Å². The number of nitro benzene ring substituents is 1. The molecule has 6 heteroatoms.